The van der Waals surface area contributed by atoms with Crippen LogP contribution in [-0.2, 0) is 11.3 Å². The number of hydrogen-bond donors (Lipinski definition) is 3. The second kappa shape index (κ2) is 9.04. The van der Waals surface area contributed by atoms with Crippen LogP contribution in [0.1, 0.15) is 37.0 Å². The number of hydrogen-bond acceptors (Lipinski definition) is 2. The second-order valence-electron chi connectivity index (χ2n) is 6.96. The van der Waals surface area contributed by atoms with Gasteiger partial charge in [-0.25, -0.2) is 4.79 Å². The van der Waals surface area contributed by atoms with E-state index in [9.17, 15) is 9.59 Å². The lowest BCUT2D eigenvalue weighted by molar-refractivity contribution is -0.116. The third-order valence-electron chi connectivity index (χ3n) is 3.96. The Morgan fingerprint density at radius 2 is 1.54 bits per heavy atom. The van der Waals surface area contributed by atoms with Crippen LogP contribution in [0.3, 0.4) is 0 Å². The third kappa shape index (κ3) is 6.24. The number of aryl methyl sites for hydroxylation is 2. The summed E-state index contributed by atoms with van der Waals surface area (Å²) in [7, 11) is 0. The van der Waals surface area contributed by atoms with Gasteiger partial charge < -0.3 is 16.0 Å². The number of benzene rings is 2. The molecular formula is C21H27N3O2. The molecule has 138 valence electrons. The average molecular weight is 353 g/mol. The first kappa shape index (κ1) is 19.5. The molecule has 2 aromatic rings. The smallest absolute Gasteiger partial charge is 0.319 e. The standard InChI is InChI=1S/C21H27N3O2/c1-14(2)11-20(25)23-18-7-9-19(10-8-18)24-21(26)22-13-17-6-5-15(3)12-16(17)4/h5-10,12,14H,11,13H2,1-4H3,(H,23,25)(H2,22,24,26). The normalized spacial score (nSPS) is 10.5. The quantitative estimate of drug-likeness (QED) is 0.710. The van der Waals surface area contributed by atoms with Crippen LogP contribution in [-0.4, -0.2) is 11.9 Å². The number of nitrogens with one attached hydrogen (secondary N) is 3. The SMILES string of the molecule is Cc1ccc(CNC(=O)Nc2ccc(NC(=O)CC(C)C)cc2)c(C)c1. The summed E-state index contributed by atoms with van der Waals surface area (Å²) in [4.78, 5) is 23.8. The number of rotatable bonds is 6. The topological polar surface area (TPSA) is 70.2 Å². The molecule has 3 amide bonds. The first-order valence-electron chi connectivity index (χ1n) is 8.84. The Bertz CT molecular complexity index is 767. The summed E-state index contributed by atoms with van der Waals surface area (Å²) in [5, 5.41) is 8.49. The van der Waals surface area contributed by atoms with Gasteiger partial charge in [-0.05, 0) is 55.2 Å². The monoisotopic (exact) mass is 353 g/mol. The Hall–Kier alpha value is -2.82. The number of anilines is 2. The fourth-order valence-corrected chi connectivity index (χ4v) is 2.61. The van der Waals surface area contributed by atoms with Crippen molar-refractivity contribution >= 4 is 23.3 Å². The first-order chi connectivity index (χ1) is 12.3. The van der Waals surface area contributed by atoms with Gasteiger partial charge in [-0.2, -0.15) is 0 Å². The molecule has 0 aliphatic heterocycles. The van der Waals surface area contributed by atoms with Crippen molar-refractivity contribution in [2.24, 2.45) is 5.92 Å². The van der Waals surface area contributed by atoms with Crippen molar-refractivity contribution in [1.29, 1.82) is 0 Å². The molecule has 26 heavy (non-hydrogen) atoms. The van der Waals surface area contributed by atoms with E-state index in [0.29, 0.717) is 24.6 Å². The summed E-state index contributed by atoms with van der Waals surface area (Å²) >= 11 is 0. The highest BCUT2D eigenvalue weighted by Crippen LogP contribution is 2.15. The molecule has 0 aliphatic carbocycles. The number of urea groups is 1. The van der Waals surface area contributed by atoms with Crippen LogP contribution in [0.2, 0.25) is 0 Å². The zero-order chi connectivity index (χ0) is 19.1. The van der Waals surface area contributed by atoms with Gasteiger partial charge in [0.2, 0.25) is 5.91 Å². The summed E-state index contributed by atoms with van der Waals surface area (Å²) < 4.78 is 0. The van der Waals surface area contributed by atoms with Crippen molar-refractivity contribution in [1.82, 2.24) is 5.32 Å². The molecule has 0 aliphatic rings. The van der Waals surface area contributed by atoms with E-state index in [-0.39, 0.29) is 11.9 Å². The van der Waals surface area contributed by atoms with Crippen LogP contribution in [0.15, 0.2) is 42.5 Å². The van der Waals surface area contributed by atoms with Crippen LogP contribution in [0.4, 0.5) is 16.2 Å². The fourth-order valence-electron chi connectivity index (χ4n) is 2.61. The average Bonchev–Trinajstić information content (AvgIpc) is 2.55. The van der Waals surface area contributed by atoms with Gasteiger partial charge in [0.25, 0.3) is 0 Å². The van der Waals surface area contributed by atoms with E-state index in [2.05, 4.69) is 22.0 Å². The summed E-state index contributed by atoms with van der Waals surface area (Å²) in [5.74, 6) is 0.309. The van der Waals surface area contributed by atoms with Crippen molar-refractivity contribution in [3.63, 3.8) is 0 Å². The second-order valence-corrected chi connectivity index (χ2v) is 6.96. The van der Waals surface area contributed by atoms with Crippen molar-refractivity contribution in [2.45, 2.75) is 40.7 Å². The minimum atomic E-state index is -0.262. The molecule has 5 heteroatoms. The molecule has 0 atom stereocenters. The fraction of sp³-hybridized carbons (Fsp3) is 0.333. The molecule has 0 bridgehead atoms. The zero-order valence-electron chi connectivity index (χ0n) is 15.8. The van der Waals surface area contributed by atoms with E-state index < -0.39 is 0 Å². The molecule has 2 aromatic carbocycles. The molecule has 0 saturated heterocycles. The largest absolute Gasteiger partial charge is 0.334 e. The lowest BCUT2D eigenvalue weighted by Crippen LogP contribution is -2.28. The van der Waals surface area contributed by atoms with Crippen molar-refractivity contribution in [2.75, 3.05) is 10.6 Å². The summed E-state index contributed by atoms with van der Waals surface area (Å²) in [5.41, 5.74) is 4.85. The maximum atomic E-state index is 12.1. The Morgan fingerprint density at radius 1 is 0.923 bits per heavy atom. The van der Waals surface area contributed by atoms with E-state index in [0.717, 1.165) is 16.8 Å². The molecule has 0 aromatic heterocycles. The molecule has 5 nitrogen and oxygen atoms in total. The van der Waals surface area contributed by atoms with E-state index in [4.69, 9.17) is 0 Å². The van der Waals surface area contributed by atoms with Crippen molar-refractivity contribution in [3.05, 3.63) is 59.2 Å². The minimum absolute atomic E-state index is 0.00748. The zero-order valence-corrected chi connectivity index (χ0v) is 15.8. The number of carbonyl (C=O) groups excluding carboxylic acids is 2. The lowest BCUT2D eigenvalue weighted by atomic mass is 10.1. The van der Waals surface area contributed by atoms with Gasteiger partial charge >= 0.3 is 6.03 Å². The number of carbonyl (C=O) groups is 2. The molecule has 0 spiro atoms. The van der Waals surface area contributed by atoms with Gasteiger partial charge in [-0.15, -0.1) is 0 Å². The predicted molar refractivity (Wildman–Crippen MR) is 106 cm³/mol. The van der Waals surface area contributed by atoms with Crippen LogP contribution in [0, 0.1) is 19.8 Å². The van der Waals surface area contributed by atoms with Gasteiger partial charge in [0.15, 0.2) is 0 Å². The van der Waals surface area contributed by atoms with Gasteiger partial charge in [0, 0.05) is 24.3 Å². The Labute approximate surface area is 155 Å². The van der Waals surface area contributed by atoms with Crippen LogP contribution >= 0.6 is 0 Å². The van der Waals surface area contributed by atoms with Crippen molar-refractivity contribution < 1.29 is 9.59 Å². The molecule has 3 N–H and O–H groups in total. The highest BCUT2D eigenvalue weighted by molar-refractivity contribution is 5.92. The number of amides is 3. The highest BCUT2D eigenvalue weighted by atomic mass is 16.2. The van der Waals surface area contributed by atoms with Crippen molar-refractivity contribution in [3.8, 4) is 0 Å². The van der Waals surface area contributed by atoms with Crippen LogP contribution in [0.5, 0.6) is 0 Å². The minimum Gasteiger partial charge on any atom is -0.334 e. The molecule has 0 unspecified atom stereocenters. The van der Waals surface area contributed by atoms with E-state index in [1.54, 1.807) is 24.3 Å². The predicted octanol–water partition coefficient (Wildman–Crippen LogP) is 4.61. The molecule has 2 rings (SSSR count). The van der Waals surface area contributed by atoms with Gasteiger partial charge in [-0.1, -0.05) is 37.6 Å². The first-order valence-corrected chi connectivity index (χ1v) is 8.84. The van der Waals surface area contributed by atoms with Crippen LogP contribution < -0.4 is 16.0 Å². The lowest BCUT2D eigenvalue weighted by Gasteiger charge is -2.11. The van der Waals surface area contributed by atoms with Gasteiger partial charge in [-0.3, -0.25) is 4.79 Å². The Balaban J connectivity index is 1.84. The molecule has 0 radical (unpaired) electrons. The van der Waals surface area contributed by atoms with E-state index in [1.807, 2.05) is 39.8 Å². The van der Waals surface area contributed by atoms with Gasteiger partial charge in [0.1, 0.15) is 0 Å². The molecule has 0 heterocycles. The van der Waals surface area contributed by atoms with Gasteiger partial charge in [0.05, 0.1) is 0 Å². The molecule has 0 fully saturated rings. The summed E-state index contributed by atoms with van der Waals surface area (Å²) in [6, 6.07) is 13.0. The van der Waals surface area contributed by atoms with E-state index >= 15 is 0 Å². The molecule has 0 saturated carbocycles. The maximum absolute atomic E-state index is 12.1. The highest BCUT2D eigenvalue weighted by Gasteiger charge is 2.06. The van der Waals surface area contributed by atoms with Crippen LogP contribution in [0.25, 0.3) is 0 Å². The Morgan fingerprint density at radius 3 is 2.12 bits per heavy atom. The summed E-state index contributed by atoms with van der Waals surface area (Å²) in [6.45, 7) is 8.56. The third-order valence-corrected chi connectivity index (χ3v) is 3.96. The summed E-state index contributed by atoms with van der Waals surface area (Å²) in [6.07, 6.45) is 0.487. The molecular weight excluding hydrogens is 326 g/mol. The maximum Gasteiger partial charge on any atom is 0.319 e. The van der Waals surface area contributed by atoms with E-state index in [1.165, 1.54) is 5.56 Å². The Kier molecular flexibility index (Phi) is 6.78.